The fraction of sp³-hybridized carbons (Fsp3) is 0.0769. The lowest BCUT2D eigenvalue weighted by atomic mass is 10.3. The highest BCUT2D eigenvalue weighted by Gasteiger charge is 2.05. The van der Waals surface area contributed by atoms with Crippen molar-refractivity contribution in [1.29, 1.82) is 0 Å². The number of H-pyrrole nitrogens is 1. The van der Waals surface area contributed by atoms with Crippen molar-refractivity contribution < 1.29 is 0 Å². The third-order valence-electron chi connectivity index (χ3n) is 3.05. The maximum Gasteiger partial charge on any atom is 0.227 e. The molecule has 4 rings (SSSR count). The second-order valence-corrected chi connectivity index (χ2v) is 4.35. The van der Waals surface area contributed by atoms with Gasteiger partial charge < -0.3 is 10.3 Å². The Bertz CT molecular complexity index is 843. The van der Waals surface area contributed by atoms with E-state index in [9.17, 15) is 0 Å². The highest BCUT2D eigenvalue weighted by Crippen LogP contribution is 2.11. The van der Waals surface area contributed by atoms with Gasteiger partial charge in [0.25, 0.3) is 0 Å². The first-order valence-corrected chi connectivity index (χ1v) is 6.22. The topological polar surface area (TPSA) is 83.8 Å². The van der Waals surface area contributed by atoms with Gasteiger partial charge in [0, 0.05) is 6.07 Å². The van der Waals surface area contributed by atoms with Crippen molar-refractivity contribution in [1.82, 2.24) is 29.5 Å². The first-order valence-electron chi connectivity index (χ1n) is 6.22. The molecule has 0 spiro atoms. The number of benzene rings is 1. The summed E-state index contributed by atoms with van der Waals surface area (Å²) in [5, 5.41) is 7.38. The molecule has 7 nitrogen and oxygen atoms in total. The lowest BCUT2D eigenvalue weighted by molar-refractivity contribution is 0.869. The molecule has 0 fully saturated rings. The Hall–Kier alpha value is -2.96. The monoisotopic (exact) mass is 265 g/mol. The third kappa shape index (κ3) is 1.76. The molecule has 0 aliphatic carbocycles. The minimum atomic E-state index is 0.542. The summed E-state index contributed by atoms with van der Waals surface area (Å²) in [6.07, 6.45) is 3.20. The van der Waals surface area contributed by atoms with E-state index < -0.39 is 0 Å². The zero-order valence-electron chi connectivity index (χ0n) is 10.5. The Kier molecular flexibility index (Phi) is 2.35. The van der Waals surface area contributed by atoms with Crippen LogP contribution in [0.2, 0.25) is 0 Å². The fourth-order valence-corrected chi connectivity index (χ4v) is 2.13. The number of fused-ring (bicyclic) bond motifs is 2. The molecule has 2 N–H and O–H groups in total. The number of aromatic nitrogens is 6. The maximum atomic E-state index is 4.50. The van der Waals surface area contributed by atoms with Crippen molar-refractivity contribution in [3.63, 3.8) is 0 Å². The largest absolute Gasteiger partial charge is 0.347 e. The summed E-state index contributed by atoms with van der Waals surface area (Å²) in [4.78, 5) is 16.1. The van der Waals surface area contributed by atoms with E-state index in [1.54, 1.807) is 10.7 Å². The van der Waals surface area contributed by atoms with Crippen LogP contribution in [0.4, 0.5) is 5.95 Å². The zero-order valence-corrected chi connectivity index (χ0v) is 10.5. The van der Waals surface area contributed by atoms with E-state index in [1.807, 2.05) is 30.3 Å². The molecule has 7 heteroatoms. The number of aromatic amines is 1. The number of hydrogen-bond acceptors (Lipinski definition) is 5. The van der Waals surface area contributed by atoms with Crippen LogP contribution in [0.5, 0.6) is 0 Å². The normalized spacial score (nSPS) is 11.2. The van der Waals surface area contributed by atoms with E-state index in [0.717, 1.165) is 22.5 Å². The van der Waals surface area contributed by atoms with Crippen LogP contribution in [0, 0.1) is 0 Å². The molecule has 0 radical (unpaired) electrons. The third-order valence-corrected chi connectivity index (χ3v) is 3.05. The lowest BCUT2D eigenvalue weighted by Crippen LogP contribution is -2.08. The van der Waals surface area contributed by atoms with Gasteiger partial charge in [-0.2, -0.15) is 9.61 Å². The van der Waals surface area contributed by atoms with E-state index in [-0.39, 0.29) is 0 Å². The first kappa shape index (κ1) is 10.9. The van der Waals surface area contributed by atoms with E-state index >= 15 is 0 Å². The molecule has 3 aromatic heterocycles. The number of anilines is 1. The van der Waals surface area contributed by atoms with Gasteiger partial charge in [-0.15, -0.1) is 0 Å². The van der Waals surface area contributed by atoms with Gasteiger partial charge in [0.05, 0.1) is 23.8 Å². The minimum Gasteiger partial charge on any atom is -0.347 e. The molecule has 0 atom stereocenters. The van der Waals surface area contributed by atoms with Crippen LogP contribution in [0.1, 0.15) is 5.82 Å². The standard InChI is InChI=1S/C13H11N7/c1-2-4-10-9(3-1)18-11(19-10)7-14-13-16-8-15-12-5-6-17-20(12)13/h1-6,8H,7H2,(H,18,19)(H,14,15,16). The minimum absolute atomic E-state index is 0.542. The molecule has 0 saturated heterocycles. The molecule has 1 aromatic carbocycles. The van der Waals surface area contributed by atoms with Crippen molar-refractivity contribution >= 4 is 22.6 Å². The molecular formula is C13H11N7. The molecule has 20 heavy (non-hydrogen) atoms. The SMILES string of the molecule is c1ccc2[nH]c(CNc3ncnc4ccnn34)nc2c1. The number of para-hydroxylation sites is 2. The van der Waals surface area contributed by atoms with Gasteiger partial charge in [0.15, 0.2) is 5.65 Å². The van der Waals surface area contributed by atoms with Crippen molar-refractivity contribution in [3.05, 3.63) is 48.7 Å². The zero-order chi connectivity index (χ0) is 13.4. The van der Waals surface area contributed by atoms with Crippen LogP contribution in [-0.2, 0) is 6.54 Å². The second kappa shape index (κ2) is 4.30. The summed E-state index contributed by atoms with van der Waals surface area (Å²) in [5.74, 6) is 1.49. The first-order chi connectivity index (χ1) is 9.90. The van der Waals surface area contributed by atoms with Crippen molar-refractivity contribution in [2.75, 3.05) is 5.32 Å². The van der Waals surface area contributed by atoms with E-state index in [1.165, 1.54) is 6.33 Å². The maximum absolute atomic E-state index is 4.50. The van der Waals surface area contributed by atoms with Gasteiger partial charge in [-0.25, -0.2) is 15.0 Å². The molecule has 0 amide bonds. The molecule has 0 unspecified atom stereocenters. The number of hydrogen-bond donors (Lipinski definition) is 2. The average molecular weight is 265 g/mol. The van der Waals surface area contributed by atoms with Crippen LogP contribution in [0.3, 0.4) is 0 Å². The Morgan fingerprint density at radius 2 is 2.10 bits per heavy atom. The van der Waals surface area contributed by atoms with Crippen LogP contribution < -0.4 is 5.32 Å². The molecule has 0 aliphatic heterocycles. The van der Waals surface area contributed by atoms with E-state index in [4.69, 9.17) is 0 Å². The summed E-state index contributed by atoms with van der Waals surface area (Å²) in [6.45, 7) is 0.542. The summed E-state index contributed by atoms with van der Waals surface area (Å²) in [5.41, 5.74) is 2.74. The number of nitrogens with zero attached hydrogens (tertiary/aromatic N) is 5. The highest BCUT2D eigenvalue weighted by molar-refractivity contribution is 5.74. The number of nitrogens with one attached hydrogen (secondary N) is 2. The van der Waals surface area contributed by atoms with Gasteiger partial charge in [-0.3, -0.25) is 0 Å². The van der Waals surface area contributed by atoms with Crippen LogP contribution >= 0.6 is 0 Å². The summed E-state index contributed by atoms with van der Waals surface area (Å²) >= 11 is 0. The molecule has 4 aromatic rings. The second-order valence-electron chi connectivity index (χ2n) is 4.35. The van der Waals surface area contributed by atoms with Gasteiger partial charge in [-0.05, 0) is 12.1 Å². The Labute approximate surface area is 113 Å². The van der Waals surface area contributed by atoms with Crippen LogP contribution in [0.25, 0.3) is 16.7 Å². The van der Waals surface area contributed by atoms with Gasteiger partial charge in [-0.1, -0.05) is 12.1 Å². The average Bonchev–Trinajstić information content (AvgIpc) is 3.11. The molecule has 0 aliphatic rings. The molecular weight excluding hydrogens is 254 g/mol. The fourth-order valence-electron chi connectivity index (χ4n) is 2.13. The van der Waals surface area contributed by atoms with Crippen LogP contribution in [0.15, 0.2) is 42.9 Å². The van der Waals surface area contributed by atoms with Gasteiger partial charge in [0.1, 0.15) is 12.2 Å². The Balaban J connectivity index is 1.62. The molecule has 0 bridgehead atoms. The van der Waals surface area contributed by atoms with E-state index in [2.05, 4.69) is 30.4 Å². The number of imidazole rings is 1. The smallest absolute Gasteiger partial charge is 0.227 e. The quantitative estimate of drug-likeness (QED) is 0.588. The van der Waals surface area contributed by atoms with Crippen LogP contribution in [-0.4, -0.2) is 29.5 Å². The lowest BCUT2D eigenvalue weighted by Gasteiger charge is -2.04. The van der Waals surface area contributed by atoms with Crippen molar-refractivity contribution in [2.45, 2.75) is 6.54 Å². The van der Waals surface area contributed by atoms with Crippen molar-refractivity contribution in [3.8, 4) is 0 Å². The van der Waals surface area contributed by atoms with Gasteiger partial charge in [0.2, 0.25) is 5.95 Å². The Morgan fingerprint density at radius 3 is 3.05 bits per heavy atom. The molecule has 3 heterocycles. The van der Waals surface area contributed by atoms with Crippen molar-refractivity contribution in [2.24, 2.45) is 0 Å². The predicted octanol–water partition coefficient (Wildman–Crippen LogP) is 1.61. The summed E-state index contributed by atoms with van der Waals surface area (Å²) in [7, 11) is 0. The molecule has 0 saturated carbocycles. The molecule has 98 valence electrons. The summed E-state index contributed by atoms with van der Waals surface area (Å²) in [6, 6.07) is 9.76. The summed E-state index contributed by atoms with van der Waals surface area (Å²) < 4.78 is 1.66. The predicted molar refractivity (Wildman–Crippen MR) is 74.2 cm³/mol. The number of rotatable bonds is 3. The highest BCUT2D eigenvalue weighted by atomic mass is 15.3. The van der Waals surface area contributed by atoms with E-state index in [0.29, 0.717) is 12.5 Å². The Morgan fingerprint density at radius 1 is 1.15 bits per heavy atom. The van der Waals surface area contributed by atoms with Gasteiger partial charge >= 0.3 is 0 Å².